The number of likely N-dealkylation sites (tertiary alicyclic amines) is 1. The summed E-state index contributed by atoms with van der Waals surface area (Å²) in [7, 11) is 0. The Hall–Kier alpha value is -0.630. The van der Waals surface area contributed by atoms with Crippen LogP contribution >= 0.6 is 0 Å². The van der Waals surface area contributed by atoms with E-state index in [0.29, 0.717) is 12.1 Å². The van der Waals surface area contributed by atoms with Crippen molar-refractivity contribution in [1.29, 1.82) is 5.26 Å². The van der Waals surface area contributed by atoms with E-state index in [0.717, 1.165) is 32.7 Å². The highest BCUT2D eigenvalue weighted by Crippen LogP contribution is 2.31. The Morgan fingerprint density at radius 2 is 1.74 bits per heavy atom. The molecule has 2 saturated heterocycles. The third-order valence-electron chi connectivity index (χ3n) is 5.12. The van der Waals surface area contributed by atoms with Crippen LogP contribution in [0.5, 0.6) is 0 Å². The van der Waals surface area contributed by atoms with Crippen LogP contribution in [-0.4, -0.2) is 61.3 Å². The molecule has 0 bridgehead atoms. The lowest BCUT2D eigenvalue weighted by atomic mass is 9.84. The van der Waals surface area contributed by atoms with E-state index >= 15 is 0 Å². The molecule has 19 heavy (non-hydrogen) atoms. The first-order chi connectivity index (χ1) is 9.38. The second-order valence-corrected chi connectivity index (χ2v) is 6.17. The number of morpholine rings is 1. The highest BCUT2D eigenvalue weighted by atomic mass is 16.5. The summed E-state index contributed by atoms with van der Waals surface area (Å²) in [5.74, 6) is 0.275. The highest BCUT2D eigenvalue weighted by Gasteiger charge is 2.36. The molecule has 2 aliphatic heterocycles. The third-order valence-corrected chi connectivity index (χ3v) is 5.12. The van der Waals surface area contributed by atoms with Gasteiger partial charge in [-0.05, 0) is 19.3 Å². The smallest absolute Gasteiger partial charge is 0.0672 e. The van der Waals surface area contributed by atoms with Gasteiger partial charge in [0, 0.05) is 38.3 Å². The van der Waals surface area contributed by atoms with Gasteiger partial charge in [-0.15, -0.1) is 0 Å². The van der Waals surface area contributed by atoms with E-state index in [1.807, 2.05) is 0 Å². The van der Waals surface area contributed by atoms with Crippen molar-refractivity contribution in [2.75, 3.05) is 39.4 Å². The van der Waals surface area contributed by atoms with Crippen LogP contribution in [0.2, 0.25) is 0 Å². The summed E-state index contributed by atoms with van der Waals surface area (Å²) in [6.07, 6.45) is 6.17. The molecule has 0 aromatic heterocycles. The summed E-state index contributed by atoms with van der Waals surface area (Å²) in [5, 5.41) is 9.33. The first-order valence-corrected chi connectivity index (χ1v) is 7.84. The molecule has 0 spiro atoms. The summed E-state index contributed by atoms with van der Waals surface area (Å²) in [5.41, 5.74) is 0. The van der Waals surface area contributed by atoms with Gasteiger partial charge in [-0.25, -0.2) is 0 Å². The summed E-state index contributed by atoms with van der Waals surface area (Å²) >= 11 is 0. The predicted molar refractivity (Wildman–Crippen MR) is 73.7 cm³/mol. The maximum atomic E-state index is 9.33. The second kappa shape index (κ2) is 6.21. The van der Waals surface area contributed by atoms with Gasteiger partial charge in [-0.3, -0.25) is 9.80 Å². The number of hydrogen-bond acceptors (Lipinski definition) is 4. The molecule has 2 heterocycles. The van der Waals surface area contributed by atoms with Gasteiger partial charge in [0.2, 0.25) is 0 Å². The monoisotopic (exact) mass is 263 g/mol. The van der Waals surface area contributed by atoms with Crippen LogP contribution in [0.1, 0.15) is 32.1 Å². The lowest BCUT2D eigenvalue weighted by Gasteiger charge is -2.36. The molecule has 3 rings (SSSR count). The van der Waals surface area contributed by atoms with E-state index in [1.165, 1.54) is 38.8 Å². The molecule has 0 N–H and O–H groups in total. The van der Waals surface area contributed by atoms with Crippen molar-refractivity contribution < 1.29 is 4.74 Å². The van der Waals surface area contributed by atoms with Crippen LogP contribution < -0.4 is 0 Å². The minimum atomic E-state index is 0.275. The van der Waals surface area contributed by atoms with E-state index in [-0.39, 0.29) is 5.92 Å². The molecule has 0 aromatic rings. The van der Waals surface area contributed by atoms with Gasteiger partial charge in [0.05, 0.1) is 25.2 Å². The number of nitrogens with zero attached hydrogens (tertiary/aromatic N) is 3. The van der Waals surface area contributed by atoms with Crippen molar-refractivity contribution in [3.05, 3.63) is 0 Å². The molecule has 0 amide bonds. The van der Waals surface area contributed by atoms with Gasteiger partial charge in [-0.2, -0.15) is 5.26 Å². The predicted octanol–water partition coefficient (Wildman–Crippen LogP) is 1.48. The summed E-state index contributed by atoms with van der Waals surface area (Å²) in [4.78, 5) is 5.20. The number of nitriles is 1. The van der Waals surface area contributed by atoms with Crippen LogP contribution in [0.25, 0.3) is 0 Å². The van der Waals surface area contributed by atoms with Crippen LogP contribution in [0.4, 0.5) is 0 Å². The van der Waals surface area contributed by atoms with Crippen molar-refractivity contribution in [2.24, 2.45) is 5.92 Å². The van der Waals surface area contributed by atoms with Crippen molar-refractivity contribution in [3.63, 3.8) is 0 Å². The number of ether oxygens (including phenoxy) is 1. The largest absolute Gasteiger partial charge is 0.379 e. The van der Waals surface area contributed by atoms with Crippen molar-refractivity contribution >= 4 is 0 Å². The maximum absolute atomic E-state index is 9.33. The molecule has 4 nitrogen and oxygen atoms in total. The molecule has 3 unspecified atom stereocenters. The Kier molecular flexibility index (Phi) is 4.37. The zero-order chi connectivity index (χ0) is 13.1. The molecule has 0 aromatic carbocycles. The molecule has 1 aliphatic carbocycles. The maximum Gasteiger partial charge on any atom is 0.0672 e. The first kappa shape index (κ1) is 13.4. The normalized spacial score (nSPS) is 38.2. The Morgan fingerprint density at radius 3 is 2.53 bits per heavy atom. The quantitative estimate of drug-likeness (QED) is 0.756. The van der Waals surface area contributed by atoms with Gasteiger partial charge >= 0.3 is 0 Å². The molecule has 3 fully saturated rings. The van der Waals surface area contributed by atoms with Gasteiger partial charge in [0.25, 0.3) is 0 Å². The number of rotatable bonds is 2. The molecule has 0 radical (unpaired) electrons. The molecular weight excluding hydrogens is 238 g/mol. The lowest BCUT2D eigenvalue weighted by molar-refractivity contribution is 0.0165. The average Bonchev–Trinajstić information content (AvgIpc) is 2.98. The Labute approximate surface area is 116 Å². The summed E-state index contributed by atoms with van der Waals surface area (Å²) in [6.45, 7) is 6.31. The zero-order valence-corrected chi connectivity index (χ0v) is 11.8. The topological polar surface area (TPSA) is 39.5 Å². The Bertz CT molecular complexity index is 335. The SMILES string of the molecule is N#CC1CCCCC1N1CCC(N2CCOCC2)C1. The lowest BCUT2D eigenvalue weighted by Crippen LogP contribution is -2.47. The van der Waals surface area contributed by atoms with Gasteiger partial charge < -0.3 is 4.74 Å². The third kappa shape index (κ3) is 2.94. The average molecular weight is 263 g/mol. The second-order valence-electron chi connectivity index (χ2n) is 6.17. The molecule has 106 valence electrons. The molecule has 3 atom stereocenters. The molecule has 4 heteroatoms. The summed E-state index contributed by atoms with van der Waals surface area (Å²) < 4.78 is 5.44. The Balaban J connectivity index is 1.57. The minimum absolute atomic E-state index is 0.275. The van der Waals surface area contributed by atoms with Crippen molar-refractivity contribution in [3.8, 4) is 6.07 Å². The minimum Gasteiger partial charge on any atom is -0.379 e. The van der Waals surface area contributed by atoms with E-state index < -0.39 is 0 Å². The zero-order valence-electron chi connectivity index (χ0n) is 11.8. The fourth-order valence-corrected chi connectivity index (χ4v) is 4.01. The van der Waals surface area contributed by atoms with E-state index in [1.54, 1.807) is 0 Å². The summed E-state index contributed by atoms with van der Waals surface area (Å²) in [6, 6.07) is 3.78. The van der Waals surface area contributed by atoms with Gasteiger partial charge in [0.15, 0.2) is 0 Å². The number of hydrogen-bond donors (Lipinski definition) is 0. The standard InChI is InChI=1S/C15H25N3O/c16-11-13-3-1-2-4-15(13)18-6-5-14(12-18)17-7-9-19-10-8-17/h13-15H,1-10,12H2. The van der Waals surface area contributed by atoms with E-state index in [9.17, 15) is 5.26 Å². The molecule has 3 aliphatic rings. The van der Waals surface area contributed by atoms with Crippen LogP contribution in [-0.2, 0) is 4.74 Å². The van der Waals surface area contributed by atoms with Crippen LogP contribution in [0, 0.1) is 17.2 Å². The fourth-order valence-electron chi connectivity index (χ4n) is 4.01. The van der Waals surface area contributed by atoms with Crippen LogP contribution in [0.3, 0.4) is 0 Å². The van der Waals surface area contributed by atoms with Crippen molar-refractivity contribution in [2.45, 2.75) is 44.2 Å². The fraction of sp³-hybridized carbons (Fsp3) is 0.933. The van der Waals surface area contributed by atoms with Crippen LogP contribution in [0.15, 0.2) is 0 Å². The van der Waals surface area contributed by atoms with Gasteiger partial charge in [0.1, 0.15) is 0 Å². The Morgan fingerprint density at radius 1 is 0.947 bits per heavy atom. The highest BCUT2D eigenvalue weighted by molar-refractivity contribution is 4.98. The van der Waals surface area contributed by atoms with Gasteiger partial charge in [-0.1, -0.05) is 12.8 Å². The molecule has 1 saturated carbocycles. The molecular formula is C15H25N3O. The first-order valence-electron chi connectivity index (χ1n) is 7.84. The van der Waals surface area contributed by atoms with E-state index in [4.69, 9.17) is 4.74 Å². The van der Waals surface area contributed by atoms with E-state index in [2.05, 4.69) is 15.9 Å². The van der Waals surface area contributed by atoms with Crippen molar-refractivity contribution in [1.82, 2.24) is 9.80 Å².